The number of fused-ring (bicyclic) bond motifs is 1. The fraction of sp³-hybridized carbons (Fsp3) is 0.786. The quantitative estimate of drug-likeness (QED) is 0.795. The largest absolute Gasteiger partial charge is 0.332 e. The maximum absolute atomic E-state index is 12.4. The first-order valence-electron chi connectivity index (χ1n) is 7.30. The van der Waals surface area contributed by atoms with Gasteiger partial charge in [-0.2, -0.15) is 4.31 Å². The zero-order chi connectivity index (χ0) is 14.7. The number of likely N-dealkylation sites (N-methyl/N-ethyl adjacent to an activating group) is 1. The maximum Gasteiger partial charge on any atom is 0.217 e. The molecule has 0 spiro atoms. The van der Waals surface area contributed by atoms with Crippen molar-refractivity contribution < 1.29 is 8.42 Å². The molecule has 0 aromatic heterocycles. The van der Waals surface area contributed by atoms with E-state index in [-0.39, 0.29) is 17.3 Å². The Morgan fingerprint density at radius 3 is 2.55 bits per heavy atom. The lowest BCUT2D eigenvalue weighted by molar-refractivity contribution is 0.369. The van der Waals surface area contributed by atoms with Crippen LogP contribution in [0.5, 0.6) is 0 Å². The Labute approximate surface area is 121 Å². The van der Waals surface area contributed by atoms with Crippen LogP contribution in [0.3, 0.4) is 0 Å². The second-order valence-electron chi connectivity index (χ2n) is 6.21. The highest BCUT2D eigenvalue weighted by molar-refractivity contribution is 7.90. The van der Waals surface area contributed by atoms with Gasteiger partial charge in [0.15, 0.2) is 0 Å². The number of amidine groups is 1. The second kappa shape index (κ2) is 4.56. The molecule has 0 unspecified atom stereocenters. The molecule has 112 valence electrons. The van der Waals surface area contributed by atoms with Crippen molar-refractivity contribution in [3.63, 3.8) is 0 Å². The lowest BCUT2D eigenvalue weighted by Crippen LogP contribution is -2.41. The van der Waals surface area contributed by atoms with E-state index in [0.717, 1.165) is 31.6 Å². The standard InChI is InChI=1S/C14H23N3O2S/c1-9-10(2)15-11(3)17-8-12(7-14(9)17)16(4)20(18,19)13-5-6-13/h10,12-13H,5-8H2,1-4H3/t10-,12-/m0/s1. The fourth-order valence-corrected chi connectivity index (χ4v) is 4.92. The first-order chi connectivity index (χ1) is 9.32. The van der Waals surface area contributed by atoms with Gasteiger partial charge in [-0.25, -0.2) is 8.42 Å². The molecule has 0 radical (unpaired) electrons. The highest BCUT2D eigenvalue weighted by atomic mass is 32.2. The van der Waals surface area contributed by atoms with Crippen LogP contribution in [0, 0.1) is 0 Å². The van der Waals surface area contributed by atoms with E-state index in [1.165, 1.54) is 11.3 Å². The van der Waals surface area contributed by atoms with Gasteiger partial charge in [0, 0.05) is 31.8 Å². The molecule has 3 rings (SSSR count). The predicted molar refractivity (Wildman–Crippen MR) is 80.1 cm³/mol. The summed E-state index contributed by atoms with van der Waals surface area (Å²) < 4.78 is 26.4. The number of rotatable bonds is 3. The maximum atomic E-state index is 12.4. The predicted octanol–water partition coefficient (Wildman–Crippen LogP) is 1.58. The Morgan fingerprint density at radius 1 is 1.30 bits per heavy atom. The summed E-state index contributed by atoms with van der Waals surface area (Å²) in [5.74, 6) is 1.01. The van der Waals surface area contributed by atoms with Gasteiger partial charge in [0.1, 0.15) is 5.84 Å². The molecule has 1 aliphatic carbocycles. The molecule has 0 amide bonds. The van der Waals surface area contributed by atoms with Crippen LogP contribution in [0.2, 0.25) is 0 Å². The lowest BCUT2D eigenvalue weighted by Gasteiger charge is -2.29. The first kappa shape index (κ1) is 14.1. The molecule has 1 saturated heterocycles. The van der Waals surface area contributed by atoms with Crippen LogP contribution in [0.15, 0.2) is 16.3 Å². The van der Waals surface area contributed by atoms with E-state index in [4.69, 9.17) is 0 Å². The highest BCUT2D eigenvalue weighted by Gasteiger charge is 2.44. The van der Waals surface area contributed by atoms with Crippen molar-refractivity contribution in [2.45, 2.75) is 57.4 Å². The summed E-state index contributed by atoms with van der Waals surface area (Å²) in [6, 6.07) is 0.256. The van der Waals surface area contributed by atoms with Gasteiger partial charge >= 0.3 is 0 Å². The molecule has 0 N–H and O–H groups in total. The Morgan fingerprint density at radius 2 is 1.95 bits per heavy atom. The minimum absolute atomic E-state index is 0.0426. The van der Waals surface area contributed by atoms with Gasteiger partial charge in [0.2, 0.25) is 10.0 Å². The number of hydrogen-bond donors (Lipinski definition) is 0. The summed E-state index contributed by atoms with van der Waals surface area (Å²) in [5.41, 5.74) is 2.54. The summed E-state index contributed by atoms with van der Waals surface area (Å²) >= 11 is 0. The molecule has 2 atom stereocenters. The molecule has 0 aromatic carbocycles. The molecule has 2 fully saturated rings. The van der Waals surface area contributed by atoms with Crippen molar-refractivity contribution in [1.29, 1.82) is 0 Å². The summed E-state index contributed by atoms with van der Waals surface area (Å²) in [6.45, 7) is 6.96. The van der Waals surface area contributed by atoms with E-state index in [2.05, 4.69) is 23.7 Å². The molecule has 20 heavy (non-hydrogen) atoms. The Hall–Kier alpha value is -0.880. The zero-order valence-corrected chi connectivity index (χ0v) is 13.4. The third-order valence-corrected chi connectivity index (χ3v) is 7.28. The zero-order valence-electron chi connectivity index (χ0n) is 12.6. The minimum atomic E-state index is -3.10. The van der Waals surface area contributed by atoms with E-state index in [1.807, 2.05) is 6.92 Å². The molecule has 5 nitrogen and oxygen atoms in total. The summed E-state index contributed by atoms with van der Waals surface area (Å²) in [4.78, 5) is 6.82. The number of aliphatic imine (C=N–C) groups is 1. The van der Waals surface area contributed by atoms with E-state index in [0.29, 0.717) is 0 Å². The van der Waals surface area contributed by atoms with Crippen LogP contribution in [0.4, 0.5) is 0 Å². The van der Waals surface area contributed by atoms with Crippen LogP contribution in [-0.4, -0.2) is 54.4 Å². The van der Waals surface area contributed by atoms with Gasteiger partial charge in [0.05, 0.1) is 11.3 Å². The molecule has 1 saturated carbocycles. The van der Waals surface area contributed by atoms with Crippen molar-refractivity contribution >= 4 is 15.9 Å². The van der Waals surface area contributed by atoms with Gasteiger partial charge in [0.25, 0.3) is 0 Å². The van der Waals surface area contributed by atoms with E-state index < -0.39 is 10.0 Å². The SMILES string of the molecule is CC1=N[C@@H](C)C(C)=C2C[C@H](N(C)S(=O)(=O)C3CC3)CN12. The van der Waals surface area contributed by atoms with Crippen molar-refractivity contribution in [3.05, 3.63) is 11.3 Å². The van der Waals surface area contributed by atoms with Crippen LogP contribution in [0.1, 0.15) is 40.0 Å². The lowest BCUT2D eigenvalue weighted by atomic mass is 10.0. The van der Waals surface area contributed by atoms with Crippen LogP contribution < -0.4 is 0 Å². The average Bonchev–Trinajstić information content (AvgIpc) is 3.15. The minimum Gasteiger partial charge on any atom is -0.332 e. The molecule has 3 aliphatic rings. The van der Waals surface area contributed by atoms with Gasteiger partial charge < -0.3 is 4.90 Å². The Balaban J connectivity index is 1.84. The van der Waals surface area contributed by atoms with Crippen LogP contribution in [0.25, 0.3) is 0 Å². The third-order valence-electron chi connectivity index (χ3n) is 4.86. The molecule has 6 heteroatoms. The highest BCUT2D eigenvalue weighted by Crippen LogP contribution is 2.37. The number of nitrogens with zero attached hydrogens (tertiary/aromatic N) is 3. The Kier molecular flexibility index (Phi) is 3.21. The van der Waals surface area contributed by atoms with Crippen molar-refractivity contribution in [2.75, 3.05) is 13.6 Å². The third kappa shape index (κ3) is 2.09. The van der Waals surface area contributed by atoms with Gasteiger partial charge in [-0.05, 0) is 39.2 Å². The van der Waals surface area contributed by atoms with Crippen molar-refractivity contribution in [3.8, 4) is 0 Å². The monoisotopic (exact) mass is 297 g/mol. The normalized spacial score (nSPS) is 30.9. The van der Waals surface area contributed by atoms with Crippen molar-refractivity contribution in [2.24, 2.45) is 4.99 Å². The average molecular weight is 297 g/mol. The summed E-state index contributed by atoms with van der Waals surface area (Å²) in [6.07, 6.45) is 2.45. The van der Waals surface area contributed by atoms with E-state index in [9.17, 15) is 8.42 Å². The molecular weight excluding hydrogens is 274 g/mol. The van der Waals surface area contributed by atoms with Crippen LogP contribution in [-0.2, 0) is 10.0 Å². The number of sulfonamides is 1. The topological polar surface area (TPSA) is 53.0 Å². The summed E-state index contributed by atoms with van der Waals surface area (Å²) in [7, 11) is -1.36. The Bertz CT molecular complexity index is 590. The molecule has 2 heterocycles. The van der Waals surface area contributed by atoms with Crippen LogP contribution >= 0.6 is 0 Å². The number of hydrogen-bond acceptors (Lipinski definition) is 4. The van der Waals surface area contributed by atoms with Crippen molar-refractivity contribution in [1.82, 2.24) is 9.21 Å². The fourth-order valence-electron chi connectivity index (χ4n) is 3.16. The van der Waals surface area contributed by atoms with Gasteiger partial charge in [-0.3, -0.25) is 4.99 Å². The molecule has 0 aromatic rings. The van der Waals surface area contributed by atoms with Gasteiger partial charge in [-0.15, -0.1) is 0 Å². The summed E-state index contributed by atoms with van der Waals surface area (Å²) in [5, 5.41) is -0.131. The molecule has 2 aliphatic heterocycles. The van der Waals surface area contributed by atoms with E-state index in [1.54, 1.807) is 11.4 Å². The van der Waals surface area contributed by atoms with Gasteiger partial charge in [-0.1, -0.05) is 0 Å². The second-order valence-corrected chi connectivity index (χ2v) is 8.48. The molecule has 0 bridgehead atoms. The van der Waals surface area contributed by atoms with E-state index >= 15 is 0 Å². The first-order valence-corrected chi connectivity index (χ1v) is 8.81. The smallest absolute Gasteiger partial charge is 0.217 e. The molecular formula is C14H23N3O2S.